The Morgan fingerprint density at radius 3 is 2.50 bits per heavy atom. The van der Waals surface area contributed by atoms with Crippen LogP contribution in [0.2, 0.25) is 0 Å². The van der Waals surface area contributed by atoms with Crippen molar-refractivity contribution in [3.63, 3.8) is 0 Å². The van der Waals surface area contributed by atoms with Gasteiger partial charge in [0, 0.05) is 11.6 Å². The summed E-state index contributed by atoms with van der Waals surface area (Å²) in [6.07, 6.45) is 0.311. The van der Waals surface area contributed by atoms with Crippen LogP contribution in [-0.2, 0) is 6.42 Å². The molecule has 0 bridgehead atoms. The average Bonchev–Trinajstić information content (AvgIpc) is 2.42. The van der Waals surface area contributed by atoms with Gasteiger partial charge < -0.3 is 5.32 Å². The molecule has 0 fully saturated rings. The molecular formula is C16H16F3N. The van der Waals surface area contributed by atoms with Crippen molar-refractivity contribution in [2.24, 2.45) is 0 Å². The Kier molecular flexibility index (Phi) is 4.45. The molecule has 1 atom stereocenters. The largest absolute Gasteiger partial charge is 0.313 e. The normalized spacial score (nSPS) is 12.4. The van der Waals surface area contributed by atoms with E-state index in [4.69, 9.17) is 0 Å². The number of halogens is 3. The molecule has 2 aromatic carbocycles. The van der Waals surface area contributed by atoms with E-state index < -0.39 is 17.7 Å². The molecule has 1 unspecified atom stereocenters. The van der Waals surface area contributed by atoms with Crippen LogP contribution in [0.15, 0.2) is 36.4 Å². The molecule has 20 heavy (non-hydrogen) atoms. The number of rotatable bonds is 4. The van der Waals surface area contributed by atoms with Gasteiger partial charge in [0.1, 0.15) is 17.5 Å². The van der Waals surface area contributed by atoms with Gasteiger partial charge in [0.25, 0.3) is 0 Å². The summed E-state index contributed by atoms with van der Waals surface area (Å²) in [6, 6.07) is 8.14. The van der Waals surface area contributed by atoms with Crippen LogP contribution < -0.4 is 5.32 Å². The first-order valence-electron chi connectivity index (χ1n) is 6.39. The maximum Gasteiger partial charge on any atom is 0.133 e. The molecule has 0 radical (unpaired) electrons. The Labute approximate surface area is 116 Å². The van der Waals surface area contributed by atoms with Gasteiger partial charge in [-0.3, -0.25) is 0 Å². The Balaban J connectivity index is 2.36. The second kappa shape index (κ2) is 6.09. The molecule has 0 spiro atoms. The highest BCUT2D eigenvalue weighted by atomic mass is 19.1. The summed E-state index contributed by atoms with van der Waals surface area (Å²) in [6.45, 7) is 1.59. The number of hydrogen-bond acceptors (Lipinski definition) is 1. The van der Waals surface area contributed by atoms with Gasteiger partial charge in [-0.15, -0.1) is 0 Å². The Morgan fingerprint density at radius 2 is 1.85 bits per heavy atom. The Hall–Kier alpha value is -1.81. The zero-order valence-electron chi connectivity index (χ0n) is 11.4. The quantitative estimate of drug-likeness (QED) is 0.894. The summed E-state index contributed by atoms with van der Waals surface area (Å²) < 4.78 is 41.2. The van der Waals surface area contributed by atoms with Gasteiger partial charge in [-0.1, -0.05) is 18.2 Å². The molecule has 0 saturated carbocycles. The first-order chi connectivity index (χ1) is 9.52. The summed E-state index contributed by atoms with van der Waals surface area (Å²) in [5.41, 5.74) is 1.07. The van der Waals surface area contributed by atoms with E-state index in [1.165, 1.54) is 24.3 Å². The fourth-order valence-electron chi connectivity index (χ4n) is 2.25. The summed E-state index contributed by atoms with van der Waals surface area (Å²) in [7, 11) is 1.63. The van der Waals surface area contributed by atoms with Gasteiger partial charge >= 0.3 is 0 Å². The van der Waals surface area contributed by atoms with E-state index in [0.717, 1.165) is 0 Å². The molecule has 1 N–H and O–H groups in total. The number of likely N-dealkylation sites (N-methyl/N-ethyl adjacent to an activating group) is 1. The number of hydrogen-bond donors (Lipinski definition) is 1. The van der Waals surface area contributed by atoms with E-state index in [0.29, 0.717) is 17.5 Å². The minimum atomic E-state index is -0.594. The second-order valence-corrected chi connectivity index (χ2v) is 4.77. The fourth-order valence-corrected chi connectivity index (χ4v) is 2.25. The van der Waals surface area contributed by atoms with E-state index >= 15 is 0 Å². The standard InChI is InChI=1S/C16H16F3N/c1-10-6-7-13(18)15(16(10)19)14(20-2)9-11-4-3-5-12(17)8-11/h3-8,14,20H,9H2,1-2H3. The van der Waals surface area contributed by atoms with Crippen LogP contribution >= 0.6 is 0 Å². The summed E-state index contributed by atoms with van der Waals surface area (Å²) in [5, 5.41) is 2.89. The van der Waals surface area contributed by atoms with Crippen LogP contribution in [0.25, 0.3) is 0 Å². The van der Waals surface area contributed by atoms with Gasteiger partial charge in [-0.05, 0) is 49.7 Å². The molecule has 106 valence electrons. The van der Waals surface area contributed by atoms with Crippen LogP contribution in [0.1, 0.15) is 22.7 Å². The van der Waals surface area contributed by atoms with Gasteiger partial charge in [0.15, 0.2) is 0 Å². The van der Waals surface area contributed by atoms with Crippen LogP contribution in [0.4, 0.5) is 13.2 Å². The lowest BCUT2D eigenvalue weighted by atomic mass is 9.96. The Morgan fingerprint density at radius 1 is 1.10 bits per heavy atom. The van der Waals surface area contributed by atoms with Crippen LogP contribution in [-0.4, -0.2) is 7.05 Å². The number of nitrogens with one attached hydrogen (secondary N) is 1. The predicted molar refractivity (Wildman–Crippen MR) is 73.0 cm³/mol. The van der Waals surface area contributed by atoms with Crippen molar-refractivity contribution in [2.75, 3.05) is 7.05 Å². The van der Waals surface area contributed by atoms with E-state index in [-0.39, 0.29) is 11.4 Å². The highest BCUT2D eigenvalue weighted by Gasteiger charge is 2.20. The highest BCUT2D eigenvalue weighted by Crippen LogP contribution is 2.26. The zero-order valence-corrected chi connectivity index (χ0v) is 11.4. The summed E-state index contributed by atoms with van der Waals surface area (Å²) in [4.78, 5) is 0. The topological polar surface area (TPSA) is 12.0 Å². The second-order valence-electron chi connectivity index (χ2n) is 4.77. The lowest BCUT2D eigenvalue weighted by molar-refractivity contribution is 0.485. The van der Waals surface area contributed by atoms with Crippen molar-refractivity contribution in [3.8, 4) is 0 Å². The monoisotopic (exact) mass is 279 g/mol. The molecule has 0 amide bonds. The van der Waals surface area contributed by atoms with Gasteiger partial charge in [0.05, 0.1) is 0 Å². The van der Waals surface area contributed by atoms with E-state index in [1.807, 2.05) is 0 Å². The third kappa shape index (κ3) is 3.02. The van der Waals surface area contributed by atoms with Crippen molar-refractivity contribution < 1.29 is 13.2 Å². The smallest absolute Gasteiger partial charge is 0.133 e. The van der Waals surface area contributed by atoms with E-state index in [9.17, 15) is 13.2 Å². The molecule has 0 heterocycles. The Bertz CT molecular complexity index is 611. The molecule has 0 aliphatic rings. The van der Waals surface area contributed by atoms with Crippen molar-refractivity contribution in [3.05, 3.63) is 70.5 Å². The van der Waals surface area contributed by atoms with Crippen molar-refractivity contribution in [2.45, 2.75) is 19.4 Å². The van der Waals surface area contributed by atoms with Crippen molar-refractivity contribution in [1.82, 2.24) is 5.32 Å². The molecule has 1 nitrogen and oxygen atoms in total. The number of aryl methyl sites for hydroxylation is 1. The molecule has 0 aliphatic heterocycles. The maximum absolute atomic E-state index is 14.1. The molecule has 2 rings (SSSR count). The molecule has 2 aromatic rings. The van der Waals surface area contributed by atoms with E-state index in [2.05, 4.69) is 5.32 Å². The predicted octanol–water partition coefficient (Wildman–Crippen LogP) is 3.92. The van der Waals surface area contributed by atoms with Crippen molar-refractivity contribution >= 4 is 0 Å². The van der Waals surface area contributed by atoms with Gasteiger partial charge in [0.2, 0.25) is 0 Å². The first kappa shape index (κ1) is 14.6. The van der Waals surface area contributed by atoms with Crippen LogP contribution in [0, 0.1) is 24.4 Å². The minimum Gasteiger partial charge on any atom is -0.313 e. The lowest BCUT2D eigenvalue weighted by Gasteiger charge is -2.19. The molecule has 0 saturated heterocycles. The molecule has 0 aliphatic carbocycles. The average molecular weight is 279 g/mol. The maximum atomic E-state index is 14.1. The molecule has 4 heteroatoms. The third-order valence-electron chi connectivity index (χ3n) is 3.35. The van der Waals surface area contributed by atoms with Crippen LogP contribution in [0.5, 0.6) is 0 Å². The third-order valence-corrected chi connectivity index (χ3v) is 3.35. The molecule has 0 aromatic heterocycles. The highest BCUT2D eigenvalue weighted by molar-refractivity contribution is 5.31. The summed E-state index contributed by atoms with van der Waals surface area (Å²) >= 11 is 0. The number of benzene rings is 2. The van der Waals surface area contributed by atoms with Crippen molar-refractivity contribution in [1.29, 1.82) is 0 Å². The summed E-state index contributed by atoms with van der Waals surface area (Å²) in [5.74, 6) is -1.51. The van der Waals surface area contributed by atoms with Gasteiger partial charge in [-0.25, -0.2) is 13.2 Å². The van der Waals surface area contributed by atoms with E-state index in [1.54, 1.807) is 26.1 Å². The van der Waals surface area contributed by atoms with Crippen LogP contribution in [0.3, 0.4) is 0 Å². The minimum absolute atomic E-state index is 0.00300. The zero-order chi connectivity index (χ0) is 14.7. The lowest BCUT2D eigenvalue weighted by Crippen LogP contribution is -2.22. The SMILES string of the molecule is CNC(Cc1cccc(F)c1)c1c(F)ccc(C)c1F. The molecular weight excluding hydrogens is 263 g/mol. The first-order valence-corrected chi connectivity index (χ1v) is 6.39. The fraction of sp³-hybridized carbons (Fsp3) is 0.250. The van der Waals surface area contributed by atoms with Gasteiger partial charge in [-0.2, -0.15) is 0 Å².